The number of rotatable bonds is 4. The fourth-order valence-corrected chi connectivity index (χ4v) is 2.14. The summed E-state index contributed by atoms with van der Waals surface area (Å²) in [6, 6.07) is 3.54. The Morgan fingerprint density at radius 2 is 2.00 bits per heavy atom. The lowest BCUT2D eigenvalue weighted by atomic mass is 10.2. The monoisotopic (exact) mass is 250 g/mol. The molecule has 98 valence electrons. The molecule has 1 aromatic rings. The van der Waals surface area contributed by atoms with Crippen LogP contribution in [-0.2, 0) is 9.47 Å². The predicted octanol–water partition coefficient (Wildman–Crippen LogP) is 0.216. The second-order valence-electron chi connectivity index (χ2n) is 4.27. The minimum absolute atomic E-state index is 0.0396. The predicted molar refractivity (Wildman–Crippen MR) is 69.1 cm³/mol. The lowest BCUT2D eigenvalue weighted by Gasteiger charge is -2.17. The standard InChI is InChI=1S/C12H18N4O2/c1-17-9-6-16(7-10(9)18-2)11-5-8(12(13)14)3-4-15-11/h3-5,9-10H,6-7H2,1-2H3,(H3,13,14). The number of amidine groups is 1. The highest BCUT2D eigenvalue weighted by Gasteiger charge is 2.33. The van der Waals surface area contributed by atoms with E-state index in [-0.39, 0.29) is 18.0 Å². The quantitative estimate of drug-likeness (QED) is 0.589. The second-order valence-corrected chi connectivity index (χ2v) is 4.27. The van der Waals surface area contributed by atoms with Crippen LogP contribution in [0.4, 0.5) is 5.82 Å². The first-order valence-electron chi connectivity index (χ1n) is 5.76. The zero-order valence-electron chi connectivity index (χ0n) is 10.6. The van der Waals surface area contributed by atoms with E-state index in [9.17, 15) is 0 Å². The number of nitrogens with one attached hydrogen (secondary N) is 1. The van der Waals surface area contributed by atoms with Crippen LogP contribution in [0.1, 0.15) is 5.56 Å². The Labute approximate surface area is 106 Å². The van der Waals surface area contributed by atoms with E-state index in [4.69, 9.17) is 20.6 Å². The first-order chi connectivity index (χ1) is 8.65. The molecule has 0 radical (unpaired) electrons. The molecule has 0 saturated carbocycles. The van der Waals surface area contributed by atoms with Crippen molar-refractivity contribution in [3.8, 4) is 0 Å². The number of hydrogen-bond donors (Lipinski definition) is 2. The molecule has 0 bridgehead atoms. The van der Waals surface area contributed by atoms with Crippen LogP contribution in [0.2, 0.25) is 0 Å². The number of aromatic nitrogens is 1. The summed E-state index contributed by atoms with van der Waals surface area (Å²) in [6.07, 6.45) is 1.74. The Hall–Kier alpha value is -1.66. The number of ether oxygens (including phenoxy) is 2. The average Bonchev–Trinajstić information content (AvgIpc) is 2.82. The van der Waals surface area contributed by atoms with E-state index in [1.54, 1.807) is 26.5 Å². The number of nitrogen functional groups attached to an aromatic ring is 1. The van der Waals surface area contributed by atoms with Gasteiger partial charge in [-0.05, 0) is 12.1 Å². The third kappa shape index (κ3) is 2.44. The molecule has 0 spiro atoms. The number of nitrogens with zero attached hydrogens (tertiary/aromatic N) is 2. The maximum atomic E-state index is 7.44. The van der Waals surface area contributed by atoms with E-state index in [1.807, 2.05) is 6.07 Å². The van der Waals surface area contributed by atoms with Crippen molar-refractivity contribution in [2.24, 2.45) is 5.73 Å². The number of methoxy groups -OCH3 is 2. The highest BCUT2D eigenvalue weighted by molar-refractivity contribution is 5.95. The van der Waals surface area contributed by atoms with Crippen LogP contribution >= 0.6 is 0 Å². The van der Waals surface area contributed by atoms with Crippen molar-refractivity contribution < 1.29 is 9.47 Å². The third-order valence-electron chi connectivity index (χ3n) is 3.20. The molecule has 1 fully saturated rings. The molecule has 1 aliphatic rings. The van der Waals surface area contributed by atoms with Gasteiger partial charge in [0, 0.05) is 39.1 Å². The van der Waals surface area contributed by atoms with E-state index in [0.29, 0.717) is 5.56 Å². The fourth-order valence-electron chi connectivity index (χ4n) is 2.14. The minimum atomic E-state index is 0.0396. The zero-order chi connectivity index (χ0) is 13.1. The van der Waals surface area contributed by atoms with Crippen LogP contribution in [0.3, 0.4) is 0 Å². The Morgan fingerprint density at radius 3 is 2.50 bits per heavy atom. The van der Waals surface area contributed by atoms with Gasteiger partial charge in [-0.15, -0.1) is 0 Å². The van der Waals surface area contributed by atoms with Crippen molar-refractivity contribution >= 4 is 11.7 Å². The van der Waals surface area contributed by atoms with Crippen LogP contribution in [0.5, 0.6) is 0 Å². The SMILES string of the molecule is COC1CN(c2cc(C(=N)N)ccn2)CC1OC. The van der Waals surface area contributed by atoms with Gasteiger partial charge in [0.25, 0.3) is 0 Å². The van der Waals surface area contributed by atoms with Gasteiger partial charge in [0.2, 0.25) is 0 Å². The molecular weight excluding hydrogens is 232 g/mol. The summed E-state index contributed by atoms with van der Waals surface area (Å²) in [5.41, 5.74) is 6.15. The molecule has 1 aromatic heterocycles. The summed E-state index contributed by atoms with van der Waals surface area (Å²) < 4.78 is 10.8. The highest BCUT2D eigenvalue weighted by atomic mass is 16.5. The maximum absolute atomic E-state index is 7.44. The Morgan fingerprint density at radius 1 is 1.39 bits per heavy atom. The molecule has 2 unspecified atom stereocenters. The molecule has 1 saturated heterocycles. The topological polar surface area (TPSA) is 84.5 Å². The normalized spacial score (nSPS) is 23.3. The summed E-state index contributed by atoms with van der Waals surface area (Å²) in [6.45, 7) is 1.45. The van der Waals surface area contributed by atoms with Gasteiger partial charge in [-0.1, -0.05) is 0 Å². The maximum Gasteiger partial charge on any atom is 0.129 e. The molecule has 0 amide bonds. The zero-order valence-corrected chi connectivity index (χ0v) is 10.6. The fraction of sp³-hybridized carbons (Fsp3) is 0.500. The van der Waals surface area contributed by atoms with Gasteiger partial charge in [-0.25, -0.2) is 4.98 Å². The van der Waals surface area contributed by atoms with Gasteiger partial charge < -0.3 is 20.1 Å². The molecule has 18 heavy (non-hydrogen) atoms. The van der Waals surface area contributed by atoms with E-state index in [0.717, 1.165) is 18.9 Å². The lowest BCUT2D eigenvalue weighted by Crippen LogP contribution is -2.27. The molecule has 0 aliphatic carbocycles. The van der Waals surface area contributed by atoms with Gasteiger partial charge in [-0.2, -0.15) is 0 Å². The molecule has 2 heterocycles. The van der Waals surface area contributed by atoms with Gasteiger partial charge in [-0.3, -0.25) is 5.41 Å². The van der Waals surface area contributed by atoms with Crippen molar-refractivity contribution in [3.05, 3.63) is 23.9 Å². The summed E-state index contributed by atoms with van der Waals surface area (Å²) in [5, 5.41) is 7.44. The van der Waals surface area contributed by atoms with Crippen LogP contribution in [0.15, 0.2) is 18.3 Å². The molecule has 2 atom stereocenters. The highest BCUT2D eigenvalue weighted by Crippen LogP contribution is 2.22. The summed E-state index contributed by atoms with van der Waals surface area (Å²) in [4.78, 5) is 6.38. The Balaban J connectivity index is 2.18. The van der Waals surface area contributed by atoms with Gasteiger partial charge in [0.15, 0.2) is 0 Å². The minimum Gasteiger partial charge on any atom is -0.384 e. The Kier molecular flexibility index (Phi) is 3.78. The summed E-state index contributed by atoms with van der Waals surface area (Å²) in [5.74, 6) is 0.841. The van der Waals surface area contributed by atoms with Crippen LogP contribution in [0.25, 0.3) is 0 Å². The van der Waals surface area contributed by atoms with Crippen LogP contribution in [0, 0.1) is 5.41 Å². The van der Waals surface area contributed by atoms with Crippen molar-refractivity contribution in [1.29, 1.82) is 5.41 Å². The second kappa shape index (κ2) is 5.32. The molecule has 6 heteroatoms. The van der Waals surface area contributed by atoms with Gasteiger partial charge in [0.05, 0.1) is 0 Å². The van der Waals surface area contributed by atoms with Crippen molar-refractivity contribution in [2.75, 3.05) is 32.2 Å². The number of nitrogens with two attached hydrogens (primary N) is 1. The van der Waals surface area contributed by atoms with E-state index in [1.165, 1.54) is 0 Å². The number of anilines is 1. The first kappa shape index (κ1) is 12.8. The third-order valence-corrected chi connectivity index (χ3v) is 3.20. The first-order valence-corrected chi connectivity index (χ1v) is 5.76. The number of hydrogen-bond acceptors (Lipinski definition) is 5. The van der Waals surface area contributed by atoms with E-state index in [2.05, 4.69) is 9.88 Å². The lowest BCUT2D eigenvalue weighted by molar-refractivity contribution is -0.00461. The van der Waals surface area contributed by atoms with E-state index < -0.39 is 0 Å². The molecule has 6 nitrogen and oxygen atoms in total. The summed E-state index contributed by atoms with van der Waals surface area (Å²) in [7, 11) is 3.36. The Bertz CT molecular complexity index is 426. The largest absolute Gasteiger partial charge is 0.384 e. The van der Waals surface area contributed by atoms with Gasteiger partial charge in [0.1, 0.15) is 23.9 Å². The molecule has 0 aromatic carbocycles. The molecule has 1 aliphatic heterocycles. The van der Waals surface area contributed by atoms with Crippen molar-refractivity contribution in [2.45, 2.75) is 12.2 Å². The smallest absolute Gasteiger partial charge is 0.129 e. The summed E-state index contributed by atoms with van der Waals surface area (Å²) >= 11 is 0. The number of pyridine rings is 1. The average molecular weight is 250 g/mol. The van der Waals surface area contributed by atoms with Crippen LogP contribution in [-0.4, -0.2) is 50.3 Å². The molecule has 2 rings (SSSR count). The van der Waals surface area contributed by atoms with Gasteiger partial charge >= 0.3 is 0 Å². The molecular formula is C12H18N4O2. The van der Waals surface area contributed by atoms with Crippen molar-refractivity contribution in [1.82, 2.24) is 4.98 Å². The van der Waals surface area contributed by atoms with Crippen molar-refractivity contribution in [3.63, 3.8) is 0 Å². The van der Waals surface area contributed by atoms with E-state index >= 15 is 0 Å². The van der Waals surface area contributed by atoms with Crippen LogP contribution < -0.4 is 10.6 Å². The molecule has 3 N–H and O–H groups in total.